The maximum atomic E-state index is 14.1. The molecular weight excluding hydrogens is 647 g/mol. The monoisotopic (exact) mass is 681 g/mol. The summed E-state index contributed by atoms with van der Waals surface area (Å²) in [4.78, 5) is 52.2. The zero-order valence-corrected chi connectivity index (χ0v) is 26.5. The second-order valence-corrected chi connectivity index (χ2v) is 10.9. The number of halogens is 3. The molecule has 0 spiro atoms. The van der Waals surface area contributed by atoms with Gasteiger partial charge in [0.1, 0.15) is 11.9 Å². The smallest absolute Gasteiger partial charge is 0.475 e. The van der Waals surface area contributed by atoms with Crippen LogP contribution in [0.25, 0.3) is 10.8 Å². The molecule has 4 aromatic rings. The van der Waals surface area contributed by atoms with Crippen LogP contribution in [0.2, 0.25) is 0 Å². The molecule has 3 aromatic carbocycles. The summed E-state index contributed by atoms with van der Waals surface area (Å²) >= 11 is 0. The fourth-order valence-electron chi connectivity index (χ4n) is 5.07. The number of carboxylic acids is 1. The summed E-state index contributed by atoms with van der Waals surface area (Å²) in [5.74, 6) is -3.12. The molecule has 6 rings (SSSR count). The number of esters is 1. The molecule has 258 valence electrons. The number of nitrogens with one attached hydrogen (secondary N) is 3. The number of carbonyl (C=O) groups excluding carboxylic acids is 3. The van der Waals surface area contributed by atoms with Crippen LogP contribution in [0, 0.1) is 6.92 Å². The average molecular weight is 682 g/mol. The van der Waals surface area contributed by atoms with E-state index in [0.29, 0.717) is 29.2 Å². The van der Waals surface area contributed by atoms with E-state index in [1.54, 1.807) is 37.4 Å². The lowest BCUT2D eigenvalue weighted by Gasteiger charge is -2.25. The molecule has 2 unspecified atom stereocenters. The van der Waals surface area contributed by atoms with Gasteiger partial charge in [-0.2, -0.15) is 13.2 Å². The Morgan fingerprint density at radius 2 is 1.84 bits per heavy atom. The van der Waals surface area contributed by atoms with E-state index in [2.05, 4.69) is 20.9 Å². The summed E-state index contributed by atoms with van der Waals surface area (Å²) in [5.41, 5.74) is 10.5. The first-order valence-corrected chi connectivity index (χ1v) is 15.0. The molecule has 0 saturated carbocycles. The molecule has 2 aliphatic rings. The number of fused-ring (bicyclic) bond motifs is 10. The predicted molar refractivity (Wildman–Crippen MR) is 175 cm³/mol. The number of amides is 2. The Kier molecular flexibility index (Phi) is 11.6. The molecular formula is C34H34F3N5O7. The Hall–Kier alpha value is -5.86. The van der Waals surface area contributed by atoms with Gasteiger partial charge in [-0.15, -0.1) is 0 Å². The topological polar surface area (TPSA) is 182 Å². The van der Waals surface area contributed by atoms with Crippen LogP contribution < -0.4 is 21.7 Å². The molecule has 2 aliphatic heterocycles. The number of aromatic nitrogens is 1. The number of aliphatic carboxylic acids is 1. The minimum absolute atomic E-state index is 0.0968. The first-order valence-electron chi connectivity index (χ1n) is 15.0. The standard InChI is InChI=1S/C32H33N5O5.C2HF3O2/c1-3-41-28(38)18-27-22-5-4-6-24(17-22)36-32(40)42-14-12-20-7-8-23(15-19(20)2)29(31(39)37-27)35-25-9-10-26-21(16-25)11-13-34-30(26)33;3-2(4,5)1(6)7/h4-11,13,15-17,27,29,35H,3,12,14,18H2,1-2H3,(H2,33,34)(H,36,40)(H,37,39);(H,6,7). The Bertz CT molecular complexity index is 1850. The second-order valence-electron chi connectivity index (χ2n) is 10.9. The van der Waals surface area contributed by atoms with E-state index in [9.17, 15) is 27.6 Å². The van der Waals surface area contributed by atoms with Crippen molar-refractivity contribution in [3.63, 3.8) is 0 Å². The highest BCUT2D eigenvalue weighted by molar-refractivity contribution is 5.94. The van der Waals surface area contributed by atoms with Crippen LogP contribution in [0.3, 0.4) is 0 Å². The fraction of sp³-hybridized carbons (Fsp3) is 0.265. The molecule has 2 amide bonds. The van der Waals surface area contributed by atoms with Gasteiger partial charge in [0.15, 0.2) is 0 Å². The molecule has 15 heteroatoms. The van der Waals surface area contributed by atoms with E-state index in [-0.39, 0.29) is 25.5 Å². The molecule has 0 fully saturated rings. The number of pyridine rings is 1. The Labute approximate surface area is 278 Å². The lowest BCUT2D eigenvalue weighted by Crippen LogP contribution is -2.37. The van der Waals surface area contributed by atoms with Gasteiger partial charge in [-0.3, -0.25) is 14.9 Å². The van der Waals surface area contributed by atoms with Crippen LogP contribution in [0.5, 0.6) is 0 Å². The van der Waals surface area contributed by atoms with E-state index in [1.165, 1.54) is 0 Å². The maximum Gasteiger partial charge on any atom is 0.490 e. The zero-order valence-electron chi connectivity index (χ0n) is 26.5. The van der Waals surface area contributed by atoms with Crippen molar-refractivity contribution in [3.8, 4) is 0 Å². The zero-order chi connectivity index (χ0) is 35.7. The number of alkyl halides is 3. The van der Waals surface area contributed by atoms with Crippen molar-refractivity contribution in [2.75, 3.05) is 29.6 Å². The summed E-state index contributed by atoms with van der Waals surface area (Å²) in [6.07, 6.45) is -3.61. The first-order chi connectivity index (χ1) is 23.2. The van der Waals surface area contributed by atoms with Gasteiger partial charge in [-0.25, -0.2) is 14.6 Å². The number of benzene rings is 3. The Morgan fingerprint density at radius 1 is 1.08 bits per heavy atom. The number of aryl methyl sites for hydroxylation is 1. The van der Waals surface area contributed by atoms with E-state index < -0.39 is 36.3 Å². The van der Waals surface area contributed by atoms with Gasteiger partial charge >= 0.3 is 24.2 Å². The molecule has 0 aliphatic carbocycles. The number of nitrogens with zero attached hydrogens (tertiary/aromatic N) is 1. The third kappa shape index (κ3) is 9.82. The number of nitrogens with two attached hydrogens (primary N) is 1. The third-order valence-corrected chi connectivity index (χ3v) is 7.44. The van der Waals surface area contributed by atoms with Gasteiger partial charge in [0.2, 0.25) is 5.91 Å². The predicted octanol–water partition coefficient (Wildman–Crippen LogP) is 5.83. The van der Waals surface area contributed by atoms with Crippen LogP contribution in [0.1, 0.15) is 47.7 Å². The molecule has 12 nitrogen and oxygen atoms in total. The minimum Gasteiger partial charge on any atom is -0.475 e. The normalized spacial score (nSPS) is 16.3. The van der Waals surface area contributed by atoms with Crippen LogP contribution >= 0.6 is 0 Å². The SMILES string of the molecule is CCOC(=O)CC1NC(=O)C(Nc2ccc3c(N)nccc3c2)c2ccc(c(C)c2)CCOC(=O)Nc2cccc1c2.O=C(O)C(F)(F)F. The van der Waals surface area contributed by atoms with Crippen molar-refractivity contribution in [1.82, 2.24) is 10.3 Å². The van der Waals surface area contributed by atoms with E-state index in [4.69, 9.17) is 25.1 Å². The number of ether oxygens (including phenoxy) is 2. The summed E-state index contributed by atoms with van der Waals surface area (Å²) in [5, 5.41) is 18.0. The van der Waals surface area contributed by atoms with Crippen molar-refractivity contribution in [1.29, 1.82) is 0 Å². The number of hydrogen-bond acceptors (Lipinski definition) is 9. The van der Waals surface area contributed by atoms with Crippen LogP contribution in [-0.4, -0.2) is 53.4 Å². The lowest BCUT2D eigenvalue weighted by molar-refractivity contribution is -0.192. The quantitative estimate of drug-likeness (QED) is 0.161. The third-order valence-electron chi connectivity index (χ3n) is 7.44. The van der Waals surface area contributed by atoms with Gasteiger partial charge in [0.25, 0.3) is 0 Å². The molecule has 0 radical (unpaired) electrons. The maximum absolute atomic E-state index is 14.1. The van der Waals surface area contributed by atoms with Gasteiger partial charge in [-0.1, -0.05) is 30.3 Å². The summed E-state index contributed by atoms with van der Waals surface area (Å²) in [7, 11) is 0. The van der Waals surface area contributed by atoms with Crippen molar-refractivity contribution in [3.05, 3.63) is 95.2 Å². The van der Waals surface area contributed by atoms with Gasteiger partial charge < -0.3 is 30.9 Å². The lowest BCUT2D eigenvalue weighted by atomic mass is 9.96. The van der Waals surface area contributed by atoms with E-state index >= 15 is 0 Å². The molecule has 6 N–H and O–H groups in total. The average Bonchev–Trinajstić information content (AvgIpc) is 3.04. The molecule has 49 heavy (non-hydrogen) atoms. The Balaban J connectivity index is 0.000000698. The van der Waals surface area contributed by atoms with Crippen LogP contribution in [0.4, 0.5) is 35.2 Å². The van der Waals surface area contributed by atoms with E-state index in [0.717, 1.165) is 27.5 Å². The van der Waals surface area contributed by atoms with Crippen molar-refractivity contribution in [2.45, 2.75) is 44.9 Å². The number of carboxylic acid groups (broad SMARTS) is 1. The minimum atomic E-state index is -5.08. The summed E-state index contributed by atoms with van der Waals surface area (Å²) < 4.78 is 42.4. The fourth-order valence-corrected chi connectivity index (χ4v) is 5.07. The summed E-state index contributed by atoms with van der Waals surface area (Å²) in [6, 6.07) is 18.7. The van der Waals surface area contributed by atoms with Crippen LogP contribution in [0.15, 0.2) is 72.9 Å². The number of anilines is 3. The highest BCUT2D eigenvalue weighted by Gasteiger charge is 2.38. The molecule has 1 aromatic heterocycles. The van der Waals surface area contributed by atoms with Crippen LogP contribution in [-0.2, 0) is 30.3 Å². The van der Waals surface area contributed by atoms with Crippen molar-refractivity contribution < 1.29 is 46.9 Å². The molecule has 4 bridgehead atoms. The van der Waals surface area contributed by atoms with Crippen molar-refractivity contribution >= 4 is 51.9 Å². The molecule has 2 atom stereocenters. The largest absolute Gasteiger partial charge is 0.490 e. The molecule has 0 saturated heterocycles. The summed E-state index contributed by atoms with van der Waals surface area (Å²) in [6.45, 7) is 4.08. The number of carbonyl (C=O) groups is 4. The van der Waals surface area contributed by atoms with Gasteiger partial charge in [0, 0.05) is 29.4 Å². The first kappa shape index (κ1) is 36.0. The highest BCUT2D eigenvalue weighted by atomic mass is 19.4. The highest BCUT2D eigenvalue weighted by Crippen LogP contribution is 2.29. The van der Waals surface area contributed by atoms with E-state index in [1.807, 2.05) is 49.4 Å². The number of rotatable bonds is 5. The van der Waals surface area contributed by atoms with Crippen molar-refractivity contribution in [2.24, 2.45) is 0 Å². The Morgan fingerprint density at radius 3 is 2.53 bits per heavy atom. The molecule has 3 heterocycles. The van der Waals surface area contributed by atoms with Gasteiger partial charge in [-0.05, 0) is 77.9 Å². The number of nitrogen functional groups attached to an aromatic ring is 1. The van der Waals surface area contributed by atoms with Gasteiger partial charge in [0.05, 0.1) is 25.7 Å². The number of hydrogen-bond donors (Lipinski definition) is 5. The second kappa shape index (κ2) is 15.8.